The molecule has 0 radical (unpaired) electrons. The van der Waals surface area contributed by atoms with E-state index in [0.717, 1.165) is 25.7 Å². The average molecular weight is 442 g/mol. The van der Waals surface area contributed by atoms with Crippen molar-refractivity contribution < 1.29 is 4.79 Å². The average Bonchev–Trinajstić information content (AvgIpc) is 3.02. The van der Waals surface area contributed by atoms with E-state index in [4.69, 9.17) is 11.6 Å². The third kappa shape index (κ3) is 4.71. The Kier molecular flexibility index (Phi) is 6.75. The highest BCUT2D eigenvalue weighted by Crippen LogP contribution is 2.26. The molecule has 1 heterocycles. The molecular weight excluding hydrogens is 418 g/mol. The number of rotatable bonds is 5. The Morgan fingerprint density at radius 2 is 1.77 bits per heavy atom. The van der Waals surface area contributed by atoms with Crippen molar-refractivity contribution in [1.29, 1.82) is 0 Å². The summed E-state index contributed by atoms with van der Waals surface area (Å²) in [6, 6.07) is 14.7. The number of nitrogens with zero attached hydrogens (tertiary/aromatic N) is 2. The first-order valence-corrected chi connectivity index (χ1v) is 11.7. The summed E-state index contributed by atoms with van der Waals surface area (Å²) in [6.45, 7) is 0. The molecule has 1 amide bonds. The Labute approximate surface area is 184 Å². The van der Waals surface area contributed by atoms with Gasteiger partial charge in [0.2, 0.25) is 5.91 Å². The Morgan fingerprint density at radius 3 is 2.53 bits per heavy atom. The lowest BCUT2D eigenvalue weighted by atomic mass is 10.1. The topological polar surface area (TPSA) is 64.0 Å². The van der Waals surface area contributed by atoms with Gasteiger partial charge in [0.15, 0.2) is 5.16 Å². The van der Waals surface area contributed by atoms with Gasteiger partial charge >= 0.3 is 0 Å². The molecule has 30 heavy (non-hydrogen) atoms. The lowest BCUT2D eigenvalue weighted by Crippen LogP contribution is -2.35. The van der Waals surface area contributed by atoms with Crippen LogP contribution in [0.25, 0.3) is 16.6 Å². The number of fused-ring (bicyclic) bond motifs is 1. The SMILES string of the molecule is O=C(CSc1nc2ccccc2c(=O)n1-c1ccccc1Cl)NC1CCCCCC1. The molecule has 1 aromatic heterocycles. The van der Waals surface area contributed by atoms with Crippen LogP contribution >= 0.6 is 23.4 Å². The van der Waals surface area contributed by atoms with E-state index < -0.39 is 0 Å². The van der Waals surface area contributed by atoms with Crippen molar-refractivity contribution in [1.82, 2.24) is 14.9 Å². The number of aromatic nitrogens is 2. The highest BCUT2D eigenvalue weighted by atomic mass is 35.5. The minimum atomic E-state index is -0.194. The zero-order valence-electron chi connectivity index (χ0n) is 16.6. The van der Waals surface area contributed by atoms with E-state index >= 15 is 0 Å². The molecule has 1 aliphatic rings. The van der Waals surface area contributed by atoms with Crippen molar-refractivity contribution in [2.24, 2.45) is 0 Å². The van der Waals surface area contributed by atoms with Crippen molar-refractivity contribution in [2.45, 2.75) is 49.7 Å². The molecule has 1 aliphatic carbocycles. The molecule has 1 fully saturated rings. The third-order valence-electron chi connectivity index (χ3n) is 5.39. The number of hydrogen-bond donors (Lipinski definition) is 1. The fourth-order valence-electron chi connectivity index (χ4n) is 3.88. The normalized spacial score (nSPS) is 15.1. The number of para-hydroxylation sites is 2. The molecule has 5 nitrogen and oxygen atoms in total. The van der Waals surface area contributed by atoms with Crippen LogP contribution in [0.15, 0.2) is 58.5 Å². The fourth-order valence-corrected chi connectivity index (χ4v) is 4.91. The minimum absolute atomic E-state index is 0.0278. The molecule has 1 saturated carbocycles. The number of halogens is 1. The van der Waals surface area contributed by atoms with Crippen LogP contribution in [0.5, 0.6) is 0 Å². The summed E-state index contributed by atoms with van der Waals surface area (Å²) >= 11 is 7.65. The van der Waals surface area contributed by atoms with Gasteiger partial charge in [-0.25, -0.2) is 4.98 Å². The van der Waals surface area contributed by atoms with E-state index in [-0.39, 0.29) is 23.3 Å². The fraction of sp³-hybridized carbons (Fsp3) is 0.348. The molecule has 156 valence electrons. The summed E-state index contributed by atoms with van der Waals surface area (Å²) in [4.78, 5) is 30.5. The summed E-state index contributed by atoms with van der Waals surface area (Å²) in [5.74, 6) is 0.172. The van der Waals surface area contributed by atoms with Gasteiger partial charge in [-0.2, -0.15) is 0 Å². The van der Waals surface area contributed by atoms with E-state index in [1.165, 1.54) is 29.2 Å². The standard InChI is InChI=1S/C23H24ClN3O2S/c24-18-12-6-8-14-20(18)27-22(29)17-11-5-7-13-19(17)26-23(27)30-15-21(28)25-16-9-3-1-2-4-10-16/h5-8,11-14,16H,1-4,9-10,15H2,(H,25,28). The number of nitrogens with one attached hydrogen (secondary N) is 1. The van der Waals surface area contributed by atoms with Crippen LogP contribution in [-0.2, 0) is 4.79 Å². The summed E-state index contributed by atoms with van der Waals surface area (Å²) in [6.07, 6.45) is 6.88. The van der Waals surface area contributed by atoms with E-state index in [2.05, 4.69) is 10.3 Å². The molecule has 7 heteroatoms. The van der Waals surface area contributed by atoms with Gasteiger partial charge in [0.05, 0.1) is 27.4 Å². The van der Waals surface area contributed by atoms with Gasteiger partial charge in [0, 0.05) is 6.04 Å². The van der Waals surface area contributed by atoms with Gasteiger partial charge < -0.3 is 5.32 Å². The maximum Gasteiger partial charge on any atom is 0.266 e. The molecule has 3 aromatic rings. The first-order chi connectivity index (χ1) is 14.6. The van der Waals surface area contributed by atoms with Gasteiger partial charge in [-0.15, -0.1) is 0 Å². The molecule has 0 atom stereocenters. The quantitative estimate of drug-likeness (QED) is 0.345. The van der Waals surface area contributed by atoms with Crippen molar-refractivity contribution in [2.75, 3.05) is 5.75 Å². The van der Waals surface area contributed by atoms with Crippen LogP contribution in [0, 0.1) is 0 Å². The van der Waals surface area contributed by atoms with Crippen molar-refractivity contribution in [3.63, 3.8) is 0 Å². The monoisotopic (exact) mass is 441 g/mol. The molecule has 0 bridgehead atoms. The number of thioether (sulfide) groups is 1. The Hall–Kier alpha value is -2.31. The number of hydrogen-bond acceptors (Lipinski definition) is 4. The number of benzene rings is 2. The van der Waals surface area contributed by atoms with Gasteiger partial charge in [0.25, 0.3) is 5.56 Å². The molecule has 0 saturated heterocycles. The highest BCUT2D eigenvalue weighted by Gasteiger charge is 2.18. The Balaban J connectivity index is 1.62. The van der Waals surface area contributed by atoms with Crippen LogP contribution in [0.3, 0.4) is 0 Å². The summed E-state index contributed by atoms with van der Waals surface area (Å²) in [5, 5.41) is 4.59. The predicted octanol–water partition coefficient (Wildman–Crippen LogP) is 4.97. The smallest absolute Gasteiger partial charge is 0.266 e. The van der Waals surface area contributed by atoms with Gasteiger partial charge in [0.1, 0.15) is 0 Å². The zero-order chi connectivity index (χ0) is 20.9. The lowest BCUT2D eigenvalue weighted by molar-refractivity contribution is -0.119. The molecule has 4 rings (SSSR count). The minimum Gasteiger partial charge on any atom is -0.353 e. The van der Waals surface area contributed by atoms with Gasteiger partial charge in [-0.3, -0.25) is 14.2 Å². The Morgan fingerprint density at radius 1 is 1.07 bits per heavy atom. The van der Waals surface area contributed by atoms with Crippen molar-refractivity contribution in [3.05, 3.63) is 63.9 Å². The van der Waals surface area contributed by atoms with Crippen molar-refractivity contribution in [3.8, 4) is 5.69 Å². The molecule has 2 aromatic carbocycles. The van der Waals surface area contributed by atoms with E-state index in [1.807, 2.05) is 30.3 Å². The molecule has 0 spiro atoms. The van der Waals surface area contributed by atoms with Crippen LogP contribution in [-0.4, -0.2) is 27.3 Å². The summed E-state index contributed by atoms with van der Waals surface area (Å²) in [5.41, 5.74) is 0.979. The largest absolute Gasteiger partial charge is 0.353 e. The van der Waals surface area contributed by atoms with Crippen LogP contribution in [0.2, 0.25) is 5.02 Å². The molecule has 0 unspecified atom stereocenters. The predicted molar refractivity (Wildman–Crippen MR) is 123 cm³/mol. The number of carbonyl (C=O) groups excluding carboxylic acids is 1. The van der Waals surface area contributed by atoms with E-state index in [1.54, 1.807) is 18.2 Å². The number of carbonyl (C=O) groups is 1. The maximum atomic E-state index is 13.3. The highest BCUT2D eigenvalue weighted by molar-refractivity contribution is 7.99. The van der Waals surface area contributed by atoms with Crippen LogP contribution in [0.1, 0.15) is 38.5 Å². The van der Waals surface area contributed by atoms with Crippen LogP contribution in [0.4, 0.5) is 0 Å². The van der Waals surface area contributed by atoms with Crippen LogP contribution < -0.4 is 10.9 Å². The van der Waals surface area contributed by atoms with Gasteiger partial charge in [-0.05, 0) is 37.1 Å². The zero-order valence-corrected chi connectivity index (χ0v) is 18.2. The first-order valence-electron chi connectivity index (χ1n) is 10.3. The second kappa shape index (κ2) is 9.67. The van der Waals surface area contributed by atoms with E-state index in [0.29, 0.717) is 26.8 Å². The molecular formula is C23H24ClN3O2S. The second-order valence-corrected chi connectivity index (χ2v) is 8.90. The molecule has 1 N–H and O–H groups in total. The lowest BCUT2D eigenvalue weighted by Gasteiger charge is -2.17. The number of amides is 1. The second-order valence-electron chi connectivity index (χ2n) is 7.55. The third-order valence-corrected chi connectivity index (χ3v) is 6.65. The first kappa shape index (κ1) is 20.9. The Bertz CT molecular complexity index is 1110. The van der Waals surface area contributed by atoms with Gasteiger partial charge in [-0.1, -0.05) is 73.3 Å². The maximum absolute atomic E-state index is 13.3. The summed E-state index contributed by atoms with van der Waals surface area (Å²) in [7, 11) is 0. The van der Waals surface area contributed by atoms with E-state index in [9.17, 15) is 9.59 Å². The molecule has 0 aliphatic heterocycles. The summed E-state index contributed by atoms with van der Waals surface area (Å²) < 4.78 is 1.51. The van der Waals surface area contributed by atoms with Crippen molar-refractivity contribution >= 4 is 40.2 Å².